The molecule has 3 N–H and O–H groups in total. The normalized spacial score (nSPS) is 17.9. The molecule has 0 aromatic heterocycles. The molecular weight excluding hydrogens is 214 g/mol. The van der Waals surface area contributed by atoms with Gasteiger partial charge in [0.25, 0.3) is 0 Å². The Bertz CT molecular complexity index is 357. The molecule has 0 atom stereocenters. The molecule has 2 rings (SSSR count). The predicted octanol–water partition coefficient (Wildman–Crippen LogP) is 2.91. The van der Waals surface area contributed by atoms with Gasteiger partial charge in [0.1, 0.15) is 11.5 Å². The van der Waals surface area contributed by atoms with E-state index in [1.165, 1.54) is 44.6 Å². The number of nitrogens with one attached hydrogen (secondary N) is 1. The molecule has 94 valence electrons. The molecule has 0 bridgehead atoms. The van der Waals surface area contributed by atoms with E-state index < -0.39 is 0 Å². The van der Waals surface area contributed by atoms with E-state index in [1.807, 2.05) is 0 Å². The monoisotopic (exact) mass is 235 g/mol. The van der Waals surface area contributed by atoms with E-state index in [4.69, 9.17) is 0 Å². The Morgan fingerprint density at radius 1 is 1.06 bits per heavy atom. The van der Waals surface area contributed by atoms with Gasteiger partial charge in [-0.05, 0) is 18.9 Å². The third-order valence-electron chi connectivity index (χ3n) is 3.51. The Morgan fingerprint density at radius 2 is 1.76 bits per heavy atom. The molecule has 1 aliphatic rings. The SMILES string of the molecule is Oc1ccc(CNC2CCCCCC2)c(O)c1. The van der Waals surface area contributed by atoms with Crippen molar-refractivity contribution < 1.29 is 10.2 Å². The lowest BCUT2D eigenvalue weighted by Gasteiger charge is -2.16. The van der Waals surface area contributed by atoms with Crippen molar-refractivity contribution >= 4 is 0 Å². The van der Waals surface area contributed by atoms with Gasteiger partial charge in [-0.3, -0.25) is 0 Å². The summed E-state index contributed by atoms with van der Waals surface area (Å²) in [4.78, 5) is 0. The van der Waals surface area contributed by atoms with Crippen LogP contribution < -0.4 is 5.32 Å². The van der Waals surface area contributed by atoms with Gasteiger partial charge in [-0.25, -0.2) is 0 Å². The average Bonchev–Trinajstić information content (AvgIpc) is 2.56. The minimum absolute atomic E-state index is 0.112. The number of hydrogen-bond donors (Lipinski definition) is 3. The van der Waals surface area contributed by atoms with E-state index in [0.717, 1.165) is 5.56 Å². The van der Waals surface area contributed by atoms with Gasteiger partial charge in [0.2, 0.25) is 0 Å². The van der Waals surface area contributed by atoms with Gasteiger partial charge in [0, 0.05) is 24.2 Å². The van der Waals surface area contributed by atoms with Gasteiger partial charge in [-0.1, -0.05) is 31.7 Å². The second-order valence-corrected chi connectivity index (χ2v) is 4.88. The van der Waals surface area contributed by atoms with Crippen molar-refractivity contribution in [3.05, 3.63) is 23.8 Å². The van der Waals surface area contributed by atoms with Gasteiger partial charge in [0.15, 0.2) is 0 Å². The largest absolute Gasteiger partial charge is 0.508 e. The molecule has 3 nitrogen and oxygen atoms in total. The Kier molecular flexibility index (Phi) is 4.26. The maximum Gasteiger partial charge on any atom is 0.123 e. The van der Waals surface area contributed by atoms with E-state index in [1.54, 1.807) is 12.1 Å². The first-order chi connectivity index (χ1) is 8.25. The number of phenolic OH excluding ortho intramolecular Hbond substituents is 2. The summed E-state index contributed by atoms with van der Waals surface area (Å²) >= 11 is 0. The first-order valence-electron chi connectivity index (χ1n) is 6.50. The van der Waals surface area contributed by atoms with E-state index in [2.05, 4.69) is 5.32 Å². The minimum Gasteiger partial charge on any atom is -0.508 e. The lowest BCUT2D eigenvalue weighted by Crippen LogP contribution is -2.27. The predicted molar refractivity (Wildman–Crippen MR) is 68.1 cm³/mol. The molecule has 0 saturated heterocycles. The fraction of sp³-hybridized carbons (Fsp3) is 0.571. The molecule has 0 heterocycles. The van der Waals surface area contributed by atoms with E-state index in [9.17, 15) is 10.2 Å². The Morgan fingerprint density at radius 3 is 2.41 bits per heavy atom. The first-order valence-corrected chi connectivity index (χ1v) is 6.50. The number of phenols is 2. The summed E-state index contributed by atoms with van der Waals surface area (Å²) in [5.74, 6) is 0.284. The zero-order valence-electron chi connectivity index (χ0n) is 10.2. The zero-order valence-corrected chi connectivity index (χ0v) is 10.2. The maximum atomic E-state index is 9.68. The lowest BCUT2D eigenvalue weighted by atomic mass is 10.1. The second kappa shape index (κ2) is 5.92. The highest BCUT2D eigenvalue weighted by Gasteiger charge is 2.12. The van der Waals surface area contributed by atoms with Crippen molar-refractivity contribution in [2.24, 2.45) is 0 Å². The third kappa shape index (κ3) is 3.63. The van der Waals surface area contributed by atoms with Gasteiger partial charge < -0.3 is 15.5 Å². The summed E-state index contributed by atoms with van der Waals surface area (Å²) in [6.07, 6.45) is 7.78. The maximum absolute atomic E-state index is 9.68. The smallest absolute Gasteiger partial charge is 0.123 e. The van der Waals surface area contributed by atoms with Crippen LogP contribution in [-0.2, 0) is 6.54 Å². The number of rotatable bonds is 3. The van der Waals surface area contributed by atoms with Crippen LogP contribution in [-0.4, -0.2) is 16.3 Å². The Balaban J connectivity index is 1.88. The van der Waals surface area contributed by atoms with Crippen LogP contribution in [0.3, 0.4) is 0 Å². The highest BCUT2D eigenvalue weighted by atomic mass is 16.3. The molecule has 0 aliphatic heterocycles. The topological polar surface area (TPSA) is 52.5 Å². The zero-order chi connectivity index (χ0) is 12.1. The van der Waals surface area contributed by atoms with Gasteiger partial charge >= 0.3 is 0 Å². The molecule has 1 aromatic carbocycles. The Labute approximate surface area is 102 Å². The molecule has 1 saturated carbocycles. The minimum atomic E-state index is 0.112. The highest BCUT2D eigenvalue weighted by molar-refractivity contribution is 5.38. The standard InChI is InChI=1S/C14H21NO2/c16-13-8-7-11(14(17)9-13)10-15-12-5-3-1-2-4-6-12/h7-9,12,15-17H,1-6,10H2. The highest BCUT2D eigenvalue weighted by Crippen LogP contribution is 2.23. The van der Waals surface area contributed by atoms with Gasteiger partial charge in [0.05, 0.1) is 0 Å². The van der Waals surface area contributed by atoms with Crippen LogP contribution in [0.25, 0.3) is 0 Å². The van der Waals surface area contributed by atoms with Gasteiger partial charge in [-0.15, -0.1) is 0 Å². The molecule has 1 aromatic rings. The molecule has 0 amide bonds. The van der Waals surface area contributed by atoms with Crippen molar-refractivity contribution in [3.8, 4) is 11.5 Å². The molecule has 3 heteroatoms. The molecule has 0 unspecified atom stereocenters. The number of aromatic hydroxyl groups is 2. The number of hydrogen-bond acceptors (Lipinski definition) is 3. The van der Waals surface area contributed by atoms with Crippen molar-refractivity contribution in [2.75, 3.05) is 0 Å². The van der Waals surface area contributed by atoms with Crippen LogP contribution in [0.4, 0.5) is 0 Å². The van der Waals surface area contributed by atoms with Crippen LogP contribution in [0, 0.1) is 0 Å². The van der Waals surface area contributed by atoms with Crippen molar-refractivity contribution in [2.45, 2.75) is 51.1 Å². The summed E-state index contributed by atoms with van der Waals surface area (Å²) < 4.78 is 0. The summed E-state index contributed by atoms with van der Waals surface area (Å²) in [5, 5.41) is 22.4. The van der Waals surface area contributed by atoms with Crippen LogP contribution in [0.1, 0.15) is 44.1 Å². The lowest BCUT2D eigenvalue weighted by molar-refractivity contribution is 0.429. The van der Waals surface area contributed by atoms with Crippen LogP contribution in [0.5, 0.6) is 11.5 Å². The van der Waals surface area contributed by atoms with E-state index in [0.29, 0.717) is 12.6 Å². The van der Waals surface area contributed by atoms with Gasteiger partial charge in [-0.2, -0.15) is 0 Å². The fourth-order valence-corrected chi connectivity index (χ4v) is 2.44. The summed E-state index contributed by atoms with van der Waals surface area (Å²) in [5.41, 5.74) is 0.854. The summed E-state index contributed by atoms with van der Waals surface area (Å²) in [6, 6.07) is 5.35. The average molecular weight is 235 g/mol. The molecule has 17 heavy (non-hydrogen) atoms. The third-order valence-corrected chi connectivity index (χ3v) is 3.51. The summed E-state index contributed by atoms with van der Waals surface area (Å²) in [7, 11) is 0. The Hall–Kier alpha value is -1.22. The van der Waals surface area contributed by atoms with Crippen LogP contribution in [0.15, 0.2) is 18.2 Å². The fourth-order valence-electron chi connectivity index (χ4n) is 2.44. The molecule has 1 aliphatic carbocycles. The van der Waals surface area contributed by atoms with Crippen LogP contribution in [0.2, 0.25) is 0 Å². The second-order valence-electron chi connectivity index (χ2n) is 4.88. The molecule has 0 radical (unpaired) electrons. The van der Waals surface area contributed by atoms with Crippen molar-refractivity contribution in [1.29, 1.82) is 0 Å². The van der Waals surface area contributed by atoms with Crippen LogP contribution >= 0.6 is 0 Å². The van der Waals surface area contributed by atoms with Crippen molar-refractivity contribution in [1.82, 2.24) is 5.32 Å². The van der Waals surface area contributed by atoms with E-state index in [-0.39, 0.29) is 11.5 Å². The first kappa shape index (κ1) is 12.2. The molecular formula is C14H21NO2. The summed E-state index contributed by atoms with van der Waals surface area (Å²) in [6.45, 7) is 0.677. The number of benzene rings is 1. The molecule has 0 spiro atoms. The van der Waals surface area contributed by atoms with E-state index >= 15 is 0 Å². The quantitative estimate of drug-likeness (QED) is 0.706. The molecule has 1 fully saturated rings. The van der Waals surface area contributed by atoms with Crippen molar-refractivity contribution in [3.63, 3.8) is 0 Å².